The molecule has 0 radical (unpaired) electrons. The molecule has 1 aliphatic rings. The van der Waals surface area contributed by atoms with Crippen molar-refractivity contribution < 1.29 is 0 Å². The fraction of sp³-hybridized carbons (Fsp3) is 0.600. The van der Waals surface area contributed by atoms with Gasteiger partial charge in [-0.15, -0.1) is 0 Å². The highest BCUT2D eigenvalue weighted by Gasteiger charge is 2.14. The summed E-state index contributed by atoms with van der Waals surface area (Å²) in [6, 6.07) is 7.68. The number of fused-ring (bicyclic) bond motifs is 1. The molecule has 1 atom stereocenters. The SMILES string of the molecule is CNC(Cc1ccc2c(c1)CCC2)C(C)C. The molecule has 1 aromatic rings. The molecule has 0 fully saturated rings. The summed E-state index contributed by atoms with van der Waals surface area (Å²) in [5.74, 6) is 0.693. The lowest BCUT2D eigenvalue weighted by Gasteiger charge is -2.20. The third-order valence-electron chi connectivity index (χ3n) is 3.79. The van der Waals surface area contributed by atoms with E-state index in [1.54, 1.807) is 11.1 Å². The summed E-state index contributed by atoms with van der Waals surface area (Å²) < 4.78 is 0. The zero-order chi connectivity index (χ0) is 11.5. The van der Waals surface area contributed by atoms with Crippen LogP contribution in [0.5, 0.6) is 0 Å². The Bertz CT molecular complexity index is 354. The molecule has 1 aliphatic carbocycles. The van der Waals surface area contributed by atoms with Crippen LogP contribution in [-0.4, -0.2) is 13.1 Å². The van der Waals surface area contributed by atoms with Crippen LogP contribution in [0.4, 0.5) is 0 Å². The third-order valence-corrected chi connectivity index (χ3v) is 3.79. The fourth-order valence-electron chi connectivity index (χ4n) is 2.68. The van der Waals surface area contributed by atoms with Gasteiger partial charge in [0.15, 0.2) is 0 Å². The zero-order valence-corrected chi connectivity index (χ0v) is 10.7. The Morgan fingerprint density at radius 1 is 1.19 bits per heavy atom. The van der Waals surface area contributed by atoms with E-state index in [9.17, 15) is 0 Å². The molecule has 2 rings (SSSR count). The van der Waals surface area contributed by atoms with Gasteiger partial charge in [0.25, 0.3) is 0 Å². The summed E-state index contributed by atoms with van der Waals surface area (Å²) in [4.78, 5) is 0. The summed E-state index contributed by atoms with van der Waals surface area (Å²) >= 11 is 0. The van der Waals surface area contributed by atoms with E-state index >= 15 is 0 Å². The lowest BCUT2D eigenvalue weighted by Crippen LogP contribution is -2.32. The maximum absolute atomic E-state index is 3.42. The van der Waals surface area contributed by atoms with E-state index in [-0.39, 0.29) is 0 Å². The van der Waals surface area contributed by atoms with Gasteiger partial charge in [-0.1, -0.05) is 32.0 Å². The number of aryl methyl sites for hydroxylation is 2. The first-order valence-corrected chi connectivity index (χ1v) is 6.48. The zero-order valence-electron chi connectivity index (χ0n) is 10.7. The Hall–Kier alpha value is -0.820. The maximum Gasteiger partial charge on any atom is 0.0127 e. The average Bonchev–Trinajstić information content (AvgIpc) is 2.72. The third kappa shape index (κ3) is 2.46. The summed E-state index contributed by atoms with van der Waals surface area (Å²) in [5.41, 5.74) is 4.67. The Labute approximate surface area is 99.3 Å². The average molecular weight is 217 g/mol. The molecule has 1 nitrogen and oxygen atoms in total. The number of hydrogen-bond acceptors (Lipinski definition) is 1. The van der Waals surface area contributed by atoms with E-state index in [1.807, 2.05) is 0 Å². The molecule has 88 valence electrons. The summed E-state index contributed by atoms with van der Waals surface area (Å²) in [5, 5.41) is 3.42. The fourth-order valence-corrected chi connectivity index (χ4v) is 2.68. The minimum atomic E-state index is 0.597. The first-order chi connectivity index (χ1) is 7.70. The van der Waals surface area contributed by atoms with E-state index in [0.29, 0.717) is 12.0 Å². The number of hydrogen-bond donors (Lipinski definition) is 1. The maximum atomic E-state index is 3.42. The molecule has 0 bridgehead atoms. The van der Waals surface area contributed by atoms with Crippen LogP contribution in [0, 0.1) is 5.92 Å². The monoisotopic (exact) mass is 217 g/mol. The quantitative estimate of drug-likeness (QED) is 0.817. The minimum Gasteiger partial charge on any atom is -0.316 e. The molecule has 0 saturated heterocycles. The van der Waals surface area contributed by atoms with Crippen LogP contribution >= 0.6 is 0 Å². The molecule has 1 heteroatoms. The van der Waals surface area contributed by atoms with Crippen LogP contribution in [0.2, 0.25) is 0 Å². The minimum absolute atomic E-state index is 0.597. The largest absolute Gasteiger partial charge is 0.316 e. The summed E-state index contributed by atoms with van der Waals surface area (Å²) in [6.07, 6.45) is 5.07. The number of likely N-dealkylation sites (N-methyl/N-ethyl adjacent to an activating group) is 1. The molecule has 0 spiro atoms. The van der Waals surface area contributed by atoms with E-state index in [1.165, 1.54) is 24.8 Å². The molecule has 0 saturated carbocycles. The van der Waals surface area contributed by atoms with Gasteiger partial charge >= 0.3 is 0 Å². The summed E-state index contributed by atoms with van der Waals surface area (Å²) in [6.45, 7) is 4.57. The van der Waals surface area contributed by atoms with Crippen molar-refractivity contribution in [2.75, 3.05) is 7.05 Å². The second-order valence-corrected chi connectivity index (χ2v) is 5.30. The van der Waals surface area contributed by atoms with Gasteiger partial charge in [0.2, 0.25) is 0 Å². The van der Waals surface area contributed by atoms with E-state index < -0.39 is 0 Å². The Balaban J connectivity index is 2.10. The molecule has 0 heterocycles. The molecule has 0 amide bonds. The van der Waals surface area contributed by atoms with Crippen molar-refractivity contribution in [2.24, 2.45) is 5.92 Å². The Kier molecular flexibility index (Phi) is 3.65. The second-order valence-electron chi connectivity index (χ2n) is 5.30. The molecule has 1 N–H and O–H groups in total. The highest BCUT2D eigenvalue weighted by atomic mass is 14.9. The number of benzene rings is 1. The lowest BCUT2D eigenvalue weighted by molar-refractivity contribution is 0.424. The van der Waals surface area contributed by atoms with Crippen LogP contribution in [0.1, 0.15) is 37.0 Å². The van der Waals surface area contributed by atoms with E-state index in [4.69, 9.17) is 0 Å². The van der Waals surface area contributed by atoms with Gasteiger partial charge < -0.3 is 5.32 Å². The van der Waals surface area contributed by atoms with Gasteiger partial charge in [-0.3, -0.25) is 0 Å². The van der Waals surface area contributed by atoms with Crippen LogP contribution in [0.25, 0.3) is 0 Å². The van der Waals surface area contributed by atoms with E-state index in [2.05, 4.69) is 44.4 Å². The van der Waals surface area contributed by atoms with Crippen LogP contribution in [-0.2, 0) is 19.3 Å². The molecular weight excluding hydrogens is 194 g/mol. The van der Waals surface area contributed by atoms with Gasteiger partial charge in [-0.25, -0.2) is 0 Å². The van der Waals surface area contributed by atoms with Gasteiger partial charge in [0, 0.05) is 6.04 Å². The van der Waals surface area contributed by atoms with Crippen molar-refractivity contribution in [1.82, 2.24) is 5.32 Å². The number of rotatable bonds is 4. The van der Waals surface area contributed by atoms with Crippen molar-refractivity contribution in [3.63, 3.8) is 0 Å². The standard InChI is InChI=1S/C15H23N/c1-11(2)15(16-3)10-12-7-8-13-5-4-6-14(13)9-12/h7-9,11,15-16H,4-6,10H2,1-3H3. The summed E-state index contributed by atoms with van der Waals surface area (Å²) in [7, 11) is 2.07. The first-order valence-electron chi connectivity index (χ1n) is 6.48. The van der Waals surface area contributed by atoms with Gasteiger partial charge in [0.1, 0.15) is 0 Å². The van der Waals surface area contributed by atoms with Crippen molar-refractivity contribution >= 4 is 0 Å². The Morgan fingerprint density at radius 2 is 1.94 bits per heavy atom. The van der Waals surface area contributed by atoms with Gasteiger partial charge in [-0.05, 0) is 55.3 Å². The molecule has 16 heavy (non-hydrogen) atoms. The van der Waals surface area contributed by atoms with Crippen LogP contribution < -0.4 is 5.32 Å². The van der Waals surface area contributed by atoms with Crippen molar-refractivity contribution in [2.45, 2.75) is 45.6 Å². The molecule has 1 unspecified atom stereocenters. The lowest BCUT2D eigenvalue weighted by atomic mass is 9.95. The normalized spacial score (nSPS) is 16.5. The van der Waals surface area contributed by atoms with Crippen LogP contribution in [0.3, 0.4) is 0 Å². The van der Waals surface area contributed by atoms with Crippen molar-refractivity contribution in [3.05, 3.63) is 34.9 Å². The highest BCUT2D eigenvalue weighted by Crippen LogP contribution is 2.23. The molecule has 0 aromatic heterocycles. The predicted octanol–water partition coefficient (Wildman–Crippen LogP) is 2.96. The van der Waals surface area contributed by atoms with Crippen molar-refractivity contribution in [1.29, 1.82) is 0 Å². The number of nitrogens with one attached hydrogen (secondary N) is 1. The predicted molar refractivity (Wildman–Crippen MR) is 69.9 cm³/mol. The first kappa shape index (κ1) is 11.7. The smallest absolute Gasteiger partial charge is 0.0127 e. The van der Waals surface area contributed by atoms with Gasteiger partial charge in [-0.2, -0.15) is 0 Å². The second kappa shape index (κ2) is 5.01. The molecule has 1 aromatic carbocycles. The van der Waals surface area contributed by atoms with Gasteiger partial charge in [0.05, 0.1) is 0 Å². The Morgan fingerprint density at radius 3 is 2.62 bits per heavy atom. The van der Waals surface area contributed by atoms with E-state index in [0.717, 1.165) is 6.42 Å². The van der Waals surface area contributed by atoms with Crippen molar-refractivity contribution in [3.8, 4) is 0 Å². The van der Waals surface area contributed by atoms with Crippen LogP contribution in [0.15, 0.2) is 18.2 Å². The molecule has 0 aliphatic heterocycles. The topological polar surface area (TPSA) is 12.0 Å². The highest BCUT2D eigenvalue weighted by molar-refractivity contribution is 5.35. The molecular formula is C15H23N.